The molecule has 4 nitrogen and oxygen atoms in total. The number of hydrogen-bond acceptors (Lipinski definition) is 4. The van der Waals surface area contributed by atoms with Gasteiger partial charge in [0.1, 0.15) is 0 Å². The maximum atomic E-state index is 11.7. The zero-order valence-corrected chi connectivity index (χ0v) is 13.0. The Hall–Kier alpha value is -1.88. The van der Waals surface area contributed by atoms with Crippen LogP contribution in [0.25, 0.3) is 0 Å². The number of aryl methyl sites for hydroxylation is 1. The van der Waals surface area contributed by atoms with Gasteiger partial charge in [-0.2, -0.15) is 0 Å². The molecule has 0 saturated heterocycles. The van der Waals surface area contributed by atoms with Crippen molar-refractivity contribution in [2.75, 3.05) is 10.6 Å². The van der Waals surface area contributed by atoms with E-state index in [-0.39, 0.29) is 17.9 Å². The topological polar surface area (TPSA) is 54.0 Å². The van der Waals surface area contributed by atoms with Gasteiger partial charge in [0, 0.05) is 22.7 Å². The highest BCUT2D eigenvalue weighted by Crippen LogP contribution is 2.30. The van der Waals surface area contributed by atoms with Gasteiger partial charge in [0.15, 0.2) is 0 Å². The first kappa shape index (κ1) is 14.1. The minimum Gasteiger partial charge on any atom is -0.377 e. The van der Waals surface area contributed by atoms with Crippen molar-refractivity contribution in [3.63, 3.8) is 0 Å². The van der Waals surface area contributed by atoms with Gasteiger partial charge in [0.25, 0.3) is 0 Å². The first-order valence-electron chi connectivity index (χ1n) is 7.21. The predicted molar refractivity (Wildman–Crippen MR) is 86.7 cm³/mol. The lowest BCUT2D eigenvalue weighted by atomic mass is 10.2. The minimum absolute atomic E-state index is 0.141. The van der Waals surface area contributed by atoms with E-state index in [1.807, 2.05) is 31.2 Å². The van der Waals surface area contributed by atoms with E-state index in [1.54, 1.807) is 11.3 Å². The Labute approximate surface area is 128 Å². The molecule has 1 aliphatic rings. The molecule has 21 heavy (non-hydrogen) atoms. The molecule has 110 valence electrons. The van der Waals surface area contributed by atoms with Crippen LogP contribution in [0.1, 0.15) is 36.5 Å². The first-order valence-corrected chi connectivity index (χ1v) is 8.09. The fourth-order valence-corrected chi connectivity index (χ4v) is 2.85. The normalized spacial score (nSPS) is 15.5. The molecular formula is C16H19N3OS. The van der Waals surface area contributed by atoms with E-state index in [1.165, 1.54) is 0 Å². The van der Waals surface area contributed by atoms with Crippen molar-refractivity contribution in [1.82, 2.24) is 4.98 Å². The van der Waals surface area contributed by atoms with Crippen LogP contribution in [0, 0.1) is 12.8 Å². The summed E-state index contributed by atoms with van der Waals surface area (Å²) in [6.45, 7) is 4.11. The molecule has 1 heterocycles. The van der Waals surface area contributed by atoms with Crippen LogP contribution in [0.15, 0.2) is 29.6 Å². The molecule has 0 bridgehead atoms. The Bertz CT molecular complexity index is 631. The molecule has 0 unspecified atom stereocenters. The zero-order valence-electron chi connectivity index (χ0n) is 12.2. The molecule has 2 N–H and O–H groups in total. The Morgan fingerprint density at radius 3 is 2.52 bits per heavy atom. The number of hydrogen-bond donors (Lipinski definition) is 2. The Morgan fingerprint density at radius 1 is 1.29 bits per heavy atom. The van der Waals surface area contributed by atoms with Crippen molar-refractivity contribution in [3.8, 4) is 0 Å². The van der Waals surface area contributed by atoms with Crippen LogP contribution in [-0.2, 0) is 4.79 Å². The molecule has 1 atom stereocenters. The van der Waals surface area contributed by atoms with Gasteiger partial charge in [-0.05, 0) is 51.0 Å². The van der Waals surface area contributed by atoms with Gasteiger partial charge >= 0.3 is 0 Å². The summed E-state index contributed by atoms with van der Waals surface area (Å²) in [7, 11) is 0. The Balaban J connectivity index is 1.59. The first-order chi connectivity index (χ1) is 10.1. The molecule has 5 heteroatoms. The van der Waals surface area contributed by atoms with Crippen LogP contribution in [0.3, 0.4) is 0 Å². The molecule has 0 radical (unpaired) electrons. The summed E-state index contributed by atoms with van der Waals surface area (Å²) >= 11 is 1.66. The molecule has 1 amide bonds. The fourth-order valence-electron chi connectivity index (χ4n) is 2.14. The summed E-state index contributed by atoms with van der Waals surface area (Å²) in [6, 6.07) is 8.00. The third kappa shape index (κ3) is 3.61. The lowest BCUT2D eigenvalue weighted by Gasteiger charge is -2.13. The van der Waals surface area contributed by atoms with Crippen LogP contribution < -0.4 is 10.6 Å². The molecule has 3 rings (SSSR count). The highest BCUT2D eigenvalue weighted by Gasteiger charge is 2.29. The second-order valence-electron chi connectivity index (χ2n) is 5.50. The van der Waals surface area contributed by atoms with Gasteiger partial charge in [-0.3, -0.25) is 4.79 Å². The van der Waals surface area contributed by atoms with Gasteiger partial charge in [-0.15, -0.1) is 11.3 Å². The van der Waals surface area contributed by atoms with Gasteiger partial charge < -0.3 is 10.6 Å². The molecule has 1 saturated carbocycles. The average Bonchev–Trinajstić information content (AvgIpc) is 3.23. The molecular weight excluding hydrogens is 282 g/mol. The van der Waals surface area contributed by atoms with Crippen LogP contribution in [0.4, 0.5) is 11.4 Å². The third-order valence-electron chi connectivity index (χ3n) is 3.56. The summed E-state index contributed by atoms with van der Waals surface area (Å²) in [4.78, 5) is 16.2. The van der Waals surface area contributed by atoms with Gasteiger partial charge in [0.2, 0.25) is 5.91 Å². The second kappa shape index (κ2) is 5.85. The number of thiazole rings is 1. The molecule has 1 aromatic heterocycles. The van der Waals surface area contributed by atoms with E-state index in [0.29, 0.717) is 0 Å². The Morgan fingerprint density at radius 2 is 1.95 bits per heavy atom. The van der Waals surface area contributed by atoms with E-state index in [0.717, 1.165) is 34.9 Å². The lowest BCUT2D eigenvalue weighted by Crippen LogP contribution is -2.13. The van der Waals surface area contributed by atoms with E-state index < -0.39 is 0 Å². The SMILES string of the molecule is Cc1nc([C@H](C)Nc2ccc(NC(=O)C3CC3)cc2)cs1. The van der Waals surface area contributed by atoms with E-state index >= 15 is 0 Å². The average molecular weight is 301 g/mol. The number of benzene rings is 1. The molecule has 1 aliphatic carbocycles. The maximum Gasteiger partial charge on any atom is 0.227 e. The fraction of sp³-hybridized carbons (Fsp3) is 0.375. The lowest BCUT2D eigenvalue weighted by molar-refractivity contribution is -0.117. The Kier molecular flexibility index (Phi) is 3.92. The maximum absolute atomic E-state index is 11.7. The summed E-state index contributed by atoms with van der Waals surface area (Å²) in [5.74, 6) is 0.373. The summed E-state index contributed by atoms with van der Waals surface area (Å²) in [6.07, 6.45) is 2.05. The van der Waals surface area contributed by atoms with Crippen molar-refractivity contribution in [1.29, 1.82) is 0 Å². The van der Waals surface area contributed by atoms with Crippen LogP contribution in [0.2, 0.25) is 0 Å². The van der Waals surface area contributed by atoms with E-state index in [2.05, 4.69) is 27.9 Å². The number of carbonyl (C=O) groups is 1. The van der Waals surface area contributed by atoms with Crippen LogP contribution in [0.5, 0.6) is 0 Å². The van der Waals surface area contributed by atoms with Gasteiger partial charge in [0.05, 0.1) is 16.7 Å². The van der Waals surface area contributed by atoms with Crippen LogP contribution >= 0.6 is 11.3 Å². The number of nitrogens with zero attached hydrogens (tertiary/aromatic N) is 1. The number of nitrogens with one attached hydrogen (secondary N) is 2. The summed E-state index contributed by atoms with van der Waals surface area (Å²) in [5, 5.41) is 9.52. The molecule has 0 spiro atoms. The van der Waals surface area contributed by atoms with Gasteiger partial charge in [-0.1, -0.05) is 0 Å². The van der Waals surface area contributed by atoms with Crippen molar-refractivity contribution in [2.45, 2.75) is 32.7 Å². The quantitative estimate of drug-likeness (QED) is 0.878. The van der Waals surface area contributed by atoms with Crippen molar-refractivity contribution < 1.29 is 4.79 Å². The number of anilines is 2. The van der Waals surface area contributed by atoms with E-state index in [4.69, 9.17) is 0 Å². The minimum atomic E-state index is 0.141. The standard InChI is InChI=1S/C16H19N3OS/c1-10(15-9-21-11(2)18-15)17-13-5-7-14(8-6-13)19-16(20)12-3-4-12/h5-10,12,17H,3-4H2,1-2H3,(H,19,20)/t10-/m0/s1. The number of amides is 1. The molecule has 2 aromatic rings. The molecule has 1 fully saturated rings. The molecule has 0 aliphatic heterocycles. The van der Waals surface area contributed by atoms with E-state index in [9.17, 15) is 4.79 Å². The van der Waals surface area contributed by atoms with Crippen molar-refractivity contribution in [2.24, 2.45) is 5.92 Å². The summed E-state index contributed by atoms with van der Waals surface area (Å²) in [5.41, 5.74) is 2.94. The zero-order chi connectivity index (χ0) is 14.8. The van der Waals surface area contributed by atoms with Crippen LogP contribution in [-0.4, -0.2) is 10.9 Å². The van der Waals surface area contributed by atoms with Gasteiger partial charge in [-0.25, -0.2) is 4.98 Å². The molecule has 1 aromatic carbocycles. The number of rotatable bonds is 5. The van der Waals surface area contributed by atoms with Crippen molar-refractivity contribution >= 4 is 28.6 Å². The second-order valence-corrected chi connectivity index (χ2v) is 6.56. The number of aromatic nitrogens is 1. The highest BCUT2D eigenvalue weighted by atomic mass is 32.1. The predicted octanol–water partition coefficient (Wildman–Crippen LogP) is 3.97. The summed E-state index contributed by atoms with van der Waals surface area (Å²) < 4.78 is 0. The third-order valence-corrected chi connectivity index (χ3v) is 4.36. The highest BCUT2D eigenvalue weighted by molar-refractivity contribution is 7.09. The smallest absolute Gasteiger partial charge is 0.227 e. The van der Waals surface area contributed by atoms with Crippen molar-refractivity contribution in [3.05, 3.63) is 40.3 Å². The number of carbonyl (C=O) groups excluding carboxylic acids is 1. The largest absolute Gasteiger partial charge is 0.377 e. The monoisotopic (exact) mass is 301 g/mol.